The molecule has 19 heavy (non-hydrogen) atoms. The zero-order chi connectivity index (χ0) is 14.3. The first-order chi connectivity index (χ1) is 9.02. The van der Waals surface area contributed by atoms with Crippen LogP contribution < -0.4 is 10.2 Å². The molecule has 1 heterocycles. The summed E-state index contributed by atoms with van der Waals surface area (Å²) in [6, 6.07) is 0. The summed E-state index contributed by atoms with van der Waals surface area (Å²) in [6.45, 7) is 8.20. The second-order valence-electron chi connectivity index (χ2n) is 5.56. The molecule has 0 atom stereocenters. The van der Waals surface area contributed by atoms with Gasteiger partial charge < -0.3 is 15.1 Å². The van der Waals surface area contributed by atoms with E-state index in [1.807, 2.05) is 19.4 Å². The number of aromatic nitrogens is 2. The molecule has 1 aromatic rings. The van der Waals surface area contributed by atoms with Gasteiger partial charge in [-0.1, -0.05) is 13.8 Å². The molecule has 0 aromatic carbocycles. The van der Waals surface area contributed by atoms with Crippen LogP contribution in [0, 0.1) is 5.92 Å². The first kappa shape index (κ1) is 15.9. The summed E-state index contributed by atoms with van der Waals surface area (Å²) in [5.74, 6) is 1.43. The minimum atomic E-state index is 0.600. The van der Waals surface area contributed by atoms with Crippen LogP contribution in [0.1, 0.15) is 19.4 Å². The lowest BCUT2D eigenvalue weighted by Crippen LogP contribution is -2.35. The lowest BCUT2D eigenvalue weighted by molar-refractivity contribution is 0.407. The van der Waals surface area contributed by atoms with Crippen LogP contribution in [0.3, 0.4) is 0 Å². The van der Waals surface area contributed by atoms with Crippen LogP contribution in [-0.2, 0) is 6.54 Å². The molecule has 0 aliphatic rings. The summed E-state index contributed by atoms with van der Waals surface area (Å²) in [4.78, 5) is 13.4. The lowest BCUT2D eigenvalue weighted by Gasteiger charge is -2.26. The van der Waals surface area contributed by atoms with Gasteiger partial charge in [-0.05, 0) is 27.1 Å². The van der Waals surface area contributed by atoms with E-state index in [1.54, 1.807) is 0 Å². The van der Waals surface area contributed by atoms with E-state index in [-0.39, 0.29) is 0 Å². The van der Waals surface area contributed by atoms with Crippen molar-refractivity contribution in [2.45, 2.75) is 20.4 Å². The number of nitrogens with zero attached hydrogens (tertiary/aromatic N) is 4. The fourth-order valence-electron chi connectivity index (χ4n) is 1.84. The van der Waals surface area contributed by atoms with E-state index in [1.165, 1.54) is 0 Å². The topological polar surface area (TPSA) is 44.3 Å². The fraction of sp³-hybridized carbons (Fsp3) is 0.714. The van der Waals surface area contributed by atoms with Gasteiger partial charge in [0.2, 0.25) is 5.95 Å². The molecule has 1 aromatic heterocycles. The van der Waals surface area contributed by atoms with Crippen LogP contribution in [0.5, 0.6) is 0 Å². The Balaban J connectivity index is 2.72. The summed E-state index contributed by atoms with van der Waals surface area (Å²) >= 11 is 0. The summed E-state index contributed by atoms with van der Waals surface area (Å²) in [7, 11) is 6.10. The third kappa shape index (κ3) is 5.98. The van der Waals surface area contributed by atoms with E-state index in [2.05, 4.69) is 53.0 Å². The number of likely N-dealkylation sites (N-methyl/N-ethyl adjacent to an activating group) is 1. The highest BCUT2D eigenvalue weighted by molar-refractivity contribution is 5.30. The molecule has 1 rings (SSSR count). The van der Waals surface area contributed by atoms with Gasteiger partial charge in [0.15, 0.2) is 0 Å². The van der Waals surface area contributed by atoms with E-state index in [0.29, 0.717) is 5.92 Å². The molecule has 0 amide bonds. The molecule has 0 radical (unpaired) electrons. The molecule has 5 heteroatoms. The van der Waals surface area contributed by atoms with Crippen molar-refractivity contribution >= 4 is 5.95 Å². The molecule has 0 unspecified atom stereocenters. The van der Waals surface area contributed by atoms with Crippen molar-refractivity contribution in [1.82, 2.24) is 20.2 Å². The van der Waals surface area contributed by atoms with Gasteiger partial charge in [0.05, 0.1) is 0 Å². The van der Waals surface area contributed by atoms with Crippen LogP contribution in [0.2, 0.25) is 0 Å². The Kier molecular flexibility index (Phi) is 6.73. The Morgan fingerprint density at radius 3 is 2.26 bits per heavy atom. The molecule has 0 spiro atoms. The Labute approximate surface area is 117 Å². The SMILES string of the molecule is CNCc1cnc(N(CCN(C)C)CC(C)C)nc1. The highest BCUT2D eigenvalue weighted by Gasteiger charge is 2.11. The summed E-state index contributed by atoms with van der Waals surface area (Å²) < 4.78 is 0. The van der Waals surface area contributed by atoms with Crippen LogP contribution >= 0.6 is 0 Å². The molecular weight excluding hydrogens is 238 g/mol. The molecule has 5 nitrogen and oxygen atoms in total. The van der Waals surface area contributed by atoms with E-state index in [9.17, 15) is 0 Å². The van der Waals surface area contributed by atoms with Crippen molar-refractivity contribution in [2.24, 2.45) is 5.92 Å². The quantitative estimate of drug-likeness (QED) is 0.765. The molecule has 0 bridgehead atoms. The number of hydrogen-bond acceptors (Lipinski definition) is 5. The third-order valence-electron chi connectivity index (χ3n) is 2.76. The van der Waals surface area contributed by atoms with Crippen LogP contribution in [0.15, 0.2) is 12.4 Å². The monoisotopic (exact) mass is 265 g/mol. The predicted molar refractivity (Wildman–Crippen MR) is 80.4 cm³/mol. The maximum atomic E-state index is 4.48. The number of nitrogens with one attached hydrogen (secondary N) is 1. The van der Waals surface area contributed by atoms with Gasteiger partial charge in [-0.25, -0.2) is 9.97 Å². The zero-order valence-electron chi connectivity index (χ0n) is 12.8. The van der Waals surface area contributed by atoms with Gasteiger partial charge in [-0.3, -0.25) is 0 Å². The summed E-state index contributed by atoms with van der Waals surface area (Å²) in [5.41, 5.74) is 1.11. The Bertz CT molecular complexity index is 347. The average molecular weight is 265 g/mol. The summed E-state index contributed by atoms with van der Waals surface area (Å²) in [6.07, 6.45) is 3.81. The highest BCUT2D eigenvalue weighted by atomic mass is 15.3. The maximum Gasteiger partial charge on any atom is 0.225 e. The van der Waals surface area contributed by atoms with Gasteiger partial charge >= 0.3 is 0 Å². The van der Waals surface area contributed by atoms with E-state index >= 15 is 0 Å². The first-order valence-electron chi connectivity index (χ1n) is 6.88. The zero-order valence-corrected chi connectivity index (χ0v) is 12.8. The first-order valence-corrected chi connectivity index (χ1v) is 6.88. The molecule has 0 aliphatic carbocycles. The maximum absolute atomic E-state index is 4.48. The van der Waals surface area contributed by atoms with Gasteiger partial charge in [0.25, 0.3) is 0 Å². The minimum absolute atomic E-state index is 0.600. The third-order valence-corrected chi connectivity index (χ3v) is 2.76. The molecule has 108 valence electrons. The Morgan fingerprint density at radius 2 is 1.79 bits per heavy atom. The van der Waals surface area contributed by atoms with Crippen LogP contribution in [0.25, 0.3) is 0 Å². The van der Waals surface area contributed by atoms with Gasteiger partial charge in [0.1, 0.15) is 0 Å². The normalized spacial score (nSPS) is 11.3. The van der Waals surface area contributed by atoms with Crippen molar-refractivity contribution in [2.75, 3.05) is 45.7 Å². The van der Waals surface area contributed by atoms with Gasteiger partial charge in [-0.2, -0.15) is 0 Å². The summed E-state index contributed by atoms with van der Waals surface area (Å²) in [5, 5.41) is 3.10. The smallest absolute Gasteiger partial charge is 0.225 e. The Hall–Kier alpha value is -1.20. The standard InChI is InChI=1S/C14H27N5/c1-12(2)11-19(7-6-18(4)5)14-16-9-13(8-15-3)10-17-14/h9-10,12,15H,6-8,11H2,1-5H3. The minimum Gasteiger partial charge on any atom is -0.339 e. The van der Waals surface area contributed by atoms with E-state index in [0.717, 1.165) is 37.7 Å². The van der Waals surface area contributed by atoms with Gasteiger partial charge in [-0.15, -0.1) is 0 Å². The van der Waals surface area contributed by atoms with Crippen molar-refractivity contribution < 1.29 is 0 Å². The second-order valence-corrected chi connectivity index (χ2v) is 5.56. The second kappa shape index (κ2) is 8.07. The number of anilines is 1. The van der Waals surface area contributed by atoms with E-state index < -0.39 is 0 Å². The molecular formula is C14H27N5. The predicted octanol–water partition coefficient (Wildman–Crippen LogP) is 1.22. The molecule has 0 aliphatic heterocycles. The van der Waals surface area contributed by atoms with Crippen molar-refractivity contribution in [3.63, 3.8) is 0 Å². The van der Waals surface area contributed by atoms with E-state index in [4.69, 9.17) is 0 Å². The molecule has 1 N–H and O–H groups in total. The van der Waals surface area contributed by atoms with Crippen LogP contribution in [0.4, 0.5) is 5.95 Å². The lowest BCUT2D eigenvalue weighted by atomic mass is 10.2. The highest BCUT2D eigenvalue weighted by Crippen LogP contribution is 2.10. The largest absolute Gasteiger partial charge is 0.339 e. The fourth-order valence-corrected chi connectivity index (χ4v) is 1.84. The average Bonchev–Trinajstić information content (AvgIpc) is 2.35. The van der Waals surface area contributed by atoms with Crippen molar-refractivity contribution in [3.8, 4) is 0 Å². The Morgan fingerprint density at radius 1 is 1.16 bits per heavy atom. The molecule has 0 saturated heterocycles. The van der Waals surface area contributed by atoms with Gasteiger partial charge in [0, 0.05) is 44.1 Å². The molecule has 0 fully saturated rings. The van der Waals surface area contributed by atoms with Crippen molar-refractivity contribution in [1.29, 1.82) is 0 Å². The van der Waals surface area contributed by atoms with Crippen LogP contribution in [-0.4, -0.2) is 55.6 Å². The number of rotatable bonds is 8. The number of hydrogen-bond donors (Lipinski definition) is 1. The molecule has 0 saturated carbocycles. The van der Waals surface area contributed by atoms with Crippen molar-refractivity contribution in [3.05, 3.63) is 18.0 Å².